The number of benzene rings is 1. The van der Waals surface area contributed by atoms with E-state index in [2.05, 4.69) is 5.10 Å². The predicted molar refractivity (Wildman–Crippen MR) is 86.0 cm³/mol. The standard InChI is InChI=1S/C17H20F2N4O/c1-10-16(17(24)22-6-5-12(8-20)9-22)11(2)23(21-10)15-4-3-13(18)7-14(15)19/h3-4,7,12H,5-6,8-9,20H2,1-2H3. The van der Waals surface area contributed by atoms with Crippen molar-refractivity contribution in [3.05, 3.63) is 46.8 Å². The van der Waals surface area contributed by atoms with Gasteiger partial charge in [0.25, 0.3) is 5.91 Å². The number of amides is 1. The summed E-state index contributed by atoms with van der Waals surface area (Å²) in [6.45, 7) is 5.28. The summed E-state index contributed by atoms with van der Waals surface area (Å²) in [4.78, 5) is 14.6. The molecule has 1 aliphatic heterocycles. The molecule has 0 saturated carbocycles. The van der Waals surface area contributed by atoms with E-state index in [4.69, 9.17) is 5.73 Å². The van der Waals surface area contributed by atoms with Crippen molar-refractivity contribution in [2.45, 2.75) is 20.3 Å². The molecule has 1 fully saturated rings. The van der Waals surface area contributed by atoms with Crippen LogP contribution in [0.15, 0.2) is 18.2 Å². The highest BCUT2D eigenvalue weighted by Crippen LogP contribution is 2.24. The normalized spacial score (nSPS) is 17.5. The van der Waals surface area contributed by atoms with Gasteiger partial charge in [0.2, 0.25) is 0 Å². The number of likely N-dealkylation sites (tertiary alicyclic amines) is 1. The Balaban J connectivity index is 1.96. The Bertz CT molecular complexity index is 787. The second-order valence-corrected chi connectivity index (χ2v) is 6.19. The van der Waals surface area contributed by atoms with E-state index < -0.39 is 11.6 Å². The number of rotatable bonds is 3. The summed E-state index contributed by atoms with van der Waals surface area (Å²) >= 11 is 0. The van der Waals surface area contributed by atoms with Gasteiger partial charge in [-0.25, -0.2) is 13.5 Å². The van der Waals surface area contributed by atoms with Crippen LogP contribution in [0, 0.1) is 31.4 Å². The predicted octanol–water partition coefficient (Wildman–Crippen LogP) is 2.19. The highest BCUT2D eigenvalue weighted by Gasteiger charge is 2.30. The third kappa shape index (κ3) is 2.80. The fourth-order valence-electron chi connectivity index (χ4n) is 3.21. The van der Waals surface area contributed by atoms with Crippen molar-refractivity contribution >= 4 is 5.91 Å². The first-order valence-electron chi connectivity index (χ1n) is 7.93. The molecule has 0 spiro atoms. The van der Waals surface area contributed by atoms with E-state index in [0.717, 1.165) is 12.5 Å². The number of aromatic nitrogens is 2. The summed E-state index contributed by atoms with van der Waals surface area (Å²) in [5.74, 6) is -1.17. The Labute approximate surface area is 139 Å². The van der Waals surface area contributed by atoms with Gasteiger partial charge in [-0.1, -0.05) is 0 Å². The molecule has 1 unspecified atom stereocenters. The number of hydrogen-bond acceptors (Lipinski definition) is 3. The first-order valence-corrected chi connectivity index (χ1v) is 7.93. The largest absolute Gasteiger partial charge is 0.338 e. The van der Waals surface area contributed by atoms with Crippen LogP contribution in [0.2, 0.25) is 0 Å². The molecule has 1 saturated heterocycles. The van der Waals surface area contributed by atoms with Crippen molar-refractivity contribution in [3.63, 3.8) is 0 Å². The van der Waals surface area contributed by atoms with Crippen LogP contribution in [-0.2, 0) is 0 Å². The van der Waals surface area contributed by atoms with E-state index in [1.807, 2.05) is 0 Å². The SMILES string of the molecule is Cc1nn(-c2ccc(F)cc2F)c(C)c1C(=O)N1CCC(CN)C1. The highest BCUT2D eigenvalue weighted by atomic mass is 19.1. The summed E-state index contributed by atoms with van der Waals surface area (Å²) in [7, 11) is 0. The molecule has 0 bridgehead atoms. The lowest BCUT2D eigenvalue weighted by atomic mass is 10.1. The van der Waals surface area contributed by atoms with Crippen LogP contribution in [0.3, 0.4) is 0 Å². The van der Waals surface area contributed by atoms with E-state index in [9.17, 15) is 13.6 Å². The van der Waals surface area contributed by atoms with E-state index >= 15 is 0 Å². The van der Waals surface area contributed by atoms with Gasteiger partial charge in [-0.05, 0) is 44.9 Å². The molecule has 1 aliphatic rings. The fraction of sp³-hybridized carbons (Fsp3) is 0.412. The Hall–Kier alpha value is -2.28. The van der Waals surface area contributed by atoms with Gasteiger partial charge < -0.3 is 10.6 Å². The maximum absolute atomic E-state index is 14.0. The monoisotopic (exact) mass is 334 g/mol. The molecule has 1 atom stereocenters. The van der Waals surface area contributed by atoms with Gasteiger partial charge in [0, 0.05) is 19.2 Å². The van der Waals surface area contributed by atoms with Crippen molar-refractivity contribution in [1.29, 1.82) is 0 Å². The van der Waals surface area contributed by atoms with Crippen molar-refractivity contribution in [3.8, 4) is 5.69 Å². The van der Waals surface area contributed by atoms with Gasteiger partial charge in [0.05, 0.1) is 17.0 Å². The van der Waals surface area contributed by atoms with E-state index in [1.54, 1.807) is 18.7 Å². The number of aryl methyl sites for hydroxylation is 1. The zero-order valence-corrected chi connectivity index (χ0v) is 13.7. The summed E-state index contributed by atoms with van der Waals surface area (Å²) in [5.41, 5.74) is 7.33. The number of carbonyl (C=O) groups is 1. The van der Waals surface area contributed by atoms with E-state index in [1.165, 1.54) is 16.8 Å². The topological polar surface area (TPSA) is 64.2 Å². The van der Waals surface area contributed by atoms with E-state index in [-0.39, 0.29) is 11.6 Å². The van der Waals surface area contributed by atoms with Crippen LogP contribution < -0.4 is 5.73 Å². The number of nitrogens with two attached hydrogens (primary N) is 1. The third-order valence-corrected chi connectivity index (χ3v) is 4.55. The number of hydrogen-bond donors (Lipinski definition) is 1. The van der Waals surface area contributed by atoms with E-state index in [0.29, 0.717) is 42.5 Å². The van der Waals surface area contributed by atoms with Crippen LogP contribution >= 0.6 is 0 Å². The maximum Gasteiger partial charge on any atom is 0.257 e. The minimum Gasteiger partial charge on any atom is -0.338 e. The molecule has 7 heteroatoms. The number of nitrogens with zero attached hydrogens (tertiary/aromatic N) is 3. The van der Waals surface area contributed by atoms with Gasteiger partial charge in [0.15, 0.2) is 5.82 Å². The molecular weight excluding hydrogens is 314 g/mol. The Kier molecular flexibility index (Phi) is 4.36. The van der Waals surface area contributed by atoms with Crippen LogP contribution in [0.25, 0.3) is 5.69 Å². The average molecular weight is 334 g/mol. The Morgan fingerprint density at radius 1 is 1.38 bits per heavy atom. The lowest BCUT2D eigenvalue weighted by Crippen LogP contribution is -2.30. The molecule has 3 rings (SSSR count). The smallest absolute Gasteiger partial charge is 0.257 e. The molecule has 2 aromatic rings. The van der Waals surface area contributed by atoms with Crippen LogP contribution in [0.1, 0.15) is 28.2 Å². The Morgan fingerprint density at radius 3 is 2.75 bits per heavy atom. The summed E-state index contributed by atoms with van der Waals surface area (Å²) in [6, 6.07) is 3.29. The molecule has 0 radical (unpaired) electrons. The van der Waals surface area contributed by atoms with Gasteiger partial charge in [0.1, 0.15) is 11.5 Å². The first kappa shape index (κ1) is 16.6. The first-order chi connectivity index (χ1) is 11.4. The van der Waals surface area contributed by atoms with Crippen molar-refractivity contribution in [2.75, 3.05) is 19.6 Å². The van der Waals surface area contributed by atoms with Crippen LogP contribution in [0.5, 0.6) is 0 Å². The van der Waals surface area contributed by atoms with Crippen LogP contribution in [-0.4, -0.2) is 40.2 Å². The zero-order chi connectivity index (χ0) is 17.4. The lowest BCUT2D eigenvalue weighted by molar-refractivity contribution is 0.0786. The molecule has 1 amide bonds. The second kappa shape index (κ2) is 6.32. The number of carbonyl (C=O) groups excluding carboxylic acids is 1. The average Bonchev–Trinajstić information content (AvgIpc) is 3.12. The summed E-state index contributed by atoms with van der Waals surface area (Å²) in [6.07, 6.45) is 0.890. The van der Waals surface area contributed by atoms with Gasteiger partial charge in [-0.15, -0.1) is 0 Å². The van der Waals surface area contributed by atoms with Gasteiger partial charge in [-0.3, -0.25) is 4.79 Å². The van der Waals surface area contributed by atoms with Crippen molar-refractivity contribution in [1.82, 2.24) is 14.7 Å². The molecule has 1 aromatic carbocycles. The molecule has 128 valence electrons. The lowest BCUT2D eigenvalue weighted by Gasteiger charge is -2.16. The summed E-state index contributed by atoms with van der Waals surface area (Å²) in [5, 5.41) is 4.28. The number of halogens is 2. The van der Waals surface area contributed by atoms with Gasteiger partial charge >= 0.3 is 0 Å². The molecule has 0 aliphatic carbocycles. The fourth-order valence-corrected chi connectivity index (χ4v) is 3.21. The molecule has 2 N–H and O–H groups in total. The maximum atomic E-state index is 14.0. The second-order valence-electron chi connectivity index (χ2n) is 6.19. The Morgan fingerprint density at radius 2 is 2.12 bits per heavy atom. The minimum atomic E-state index is -0.719. The van der Waals surface area contributed by atoms with Crippen molar-refractivity contribution < 1.29 is 13.6 Å². The third-order valence-electron chi connectivity index (χ3n) is 4.55. The molecule has 24 heavy (non-hydrogen) atoms. The zero-order valence-electron chi connectivity index (χ0n) is 13.7. The molecule has 5 nitrogen and oxygen atoms in total. The minimum absolute atomic E-state index is 0.116. The van der Waals surface area contributed by atoms with Gasteiger partial charge in [-0.2, -0.15) is 5.10 Å². The van der Waals surface area contributed by atoms with Crippen molar-refractivity contribution in [2.24, 2.45) is 11.7 Å². The molecule has 2 heterocycles. The quantitative estimate of drug-likeness (QED) is 0.936. The molecular formula is C17H20F2N4O. The molecule has 1 aromatic heterocycles. The van der Waals surface area contributed by atoms with Crippen LogP contribution in [0.4, 0.5) is 8.78 Å². The highest BCUT2D eigenvalue weighted by molar-refractivity contribution is 5.96. The summed E-state index contributed by atoms with van der Waals surface area (Å²) < 4.78 is 28.5.